The van der Waals surface area contributed by atoms with Crippen LogP contribution in [-0.4, -0.2) is 34.6 Å². The van der Waals surface area contributed by atoms with Crippen LogP contribution in [-0.2, 0) is 9.53 Å². The van der Waals surface area contributed by atoms with Gasteiger partial charge in [0.2, 0.25) is 0 Å². The average Bonchev–Trinajstić information content (AvgIpc) is 2.72. The molecule has 0 radical (unpaired) electrons. The van der Waals surface area contributed by atoms with Gasteiger partial charge < -0.3 is 9.47 Å². The highest BCUT2D eigenvalue weighted by atomic mass is 79.9. The number of carbonyl (C=O) groups excluding carboxylic acids is 1. The van der Waals surface area contributed by atoms with Crippen LogP contribution in [0.2, 0.25) is 0 Å². The molecular formula is C23H24BrN3O4. The highest BCUT2D eigenvalue weighted by Crippen LogP contribution is 2.19. The molecular weight excluding hydrogens is 462 g/mol. The molecule has 2 aromatic carbocycles. The Balaban J connectivity index is 1.83. The molecule has 0 fully saturated rings. The van der Waals surface area contributed by atoms with Crippen molar-refractivity contribution >= 4 is 39.0 Å². The van der Waals surface area contributed by atoms with Crippen LogP contribution in [0.3, 0.4) is 0 Å². The van der Waals surface area contributed by atoms with E-state index in [1.54, 1.807) is 50.4 Å². The minimum atomic E-state index is -0.420. The van der Waals surface area contributed by atoms with Crippen molar-refractivity contribution in [1.82, 2.24) is 9.66 Å². The molecule has 0 aliphatic heterocycles. The second kappa shape index (κ2) is 9.87. The number of nitrogens with zero attached hydrogens (tertiary/aromatic N) is 3. The Kier molecular flexibility index (Phi) is 7.22. The summed E-state index contributed by atoms with van der Waals surface area (Å²) in [7, 11) is 0. The molecule has 162 valence electrons. The number of ether oxygens (including phenoxy) is 2. The van der Waals surface area contributed by atoms with Gasteiger partial charge in [0, 0.05) is 10.4 Å². The van der Waals surface area contributed by atoms with Gasteiger partial charge in [-0.1, -0.05) is 29.8 Å². The van der Waals surface area contributed by atoms with Gasteiger partial charge in [0.15, 0.2) is 6.61 Å². The number of hydrogen-bond acceptors (Lipinski definition) is 6. The SMILES string of the molecule is CC(C)OC(=O)COc1ccc(C=Nn2c(C(C)C)nc3ccc(Br)cc3c2=O)cc1. The first-order chi connectivity index (χ1) is 14.7. The molecule has 0 saturated carbocycles. The maximum atomic E-state index is 13.0. The van der Waals surface area contributed by atoms with Crippen molar-refractivity contribution in [1.29, 1.82) is 0 Å². The van der Waals surface area contributed by atoms with E-state index in [2.05, 4.69) is 26.0 Å². The number of benzene rings is 2. The quantitative estimate of drug-likeness (QED) is 0.363. The molecule has 0 N–H and O–H groups in total. The van der Waals surface area contributed by atoms with Crippen LogP contribution in [0.5, 0.6) is 5.75 Å². The number of halogens is 1. The lowest BCUT2D eigenvalue weighted by molar-refractivity contribution is -0.149. The van der Waals surface area contributed by atoms with Crippen molar-refractivity contribution in [2.24, 2.45) is 5.10 Å². The number of hydrogen-bond donors (Lipinski definition) is 0. The van der Waals surface area contributed by atoms with Crippen molar-refractivity contribution in [3.63, 3.8) is 0 Å². The normalized spacial score (nSPS) is 11.6. The lowest BCUT2D eigenvalue weighted by Crippen LogP contribution is -2.23. The van der Waals surface area contributed by atoms with Gasteiger partial charge in [-0.2, -0.15) is 9.78 Å². The molecule has 0 aliphatic rings. The Hall–Kier alpha value is -3.00. The molecule has 0 spiro atoms. The Morgan fingerprint density at radius 2 is 1.87 bits per heavy atom. The van der Waals surface area contributed by atoms with E-state index >= 15 is 0 Å². The van der Waals surface area contributed by atoms with E-state index < -0.39 is 5.97 Å². The molecule has 0 atom stereocenters. The Bertz CT molecular complexity index is 1170. The number of aromatic nitrogens is 2. The molecule has 1 aromatic heterocycles. The third-order valence-electron chi connectivity index (χ3n) is 4.28. The van der Waals surface area contributed by atoms with Crippen LogP contribution in [0.4, 0.5) is 0 Å². The maximum absolute atomic E-state index is 13.0. The minimum Gasteiger partial charge on any atom is -0.482 e. The van der Waals surface area contributed by atoms with Crippen molar-refractivity contribution in [2.45, 2.75) is 39.7 Å². The second-order valence-electron chi connectivity index (χ2n) is 7.54. The first kappa shape index (κ1) is 22.7. The largest absolute Gasteiger partial charge is 0.482 e. The third kappa shape index (κ3) is 5.79. The molecule has 8 heteroatoms. The van der Waals surface area contributed by atoms with E-state index in [1.807, 2.05) is 26.0 Å². The van der Waals surface area contributed by atoms with Crippen LogP contribution in [0.1, 0.15) is 45.0 Å². The number of carbonyl (C=O) groups is 1. The lowest BCUT2D eigenvalue weighted by atomic mass is 10.2. The first-order valence-electron chi connectivity index (χ1n) is 9.93. The van der Waals surface area contributed by atoms with Gasteiger partial charge in [-0.15, -0.1) is 0 Å². The summed E-state index contributed by atoms with van der Waals surface area (Å²) in [5.41, 5.74) is 1.18. The van der Waals surface area contributed by atoms with E-state index in [0.29, 0.717) is 22.5 Å². The van der Waals surface area contributed by atoms with Gasteiger partial charge in [0.05, 0.1) is 23.2 Å². The van der Waals surface area contributed by atoms with Crippen molar-refractivity contribution in [3.05, 3.63) is 68.7 Å². The van der Waals surface area contributed by atoms with Crippen LogP contribution < -0.4 is 10.3 Å². The van der Waals surface area contributed by atoms with E-state index in [0.717, 1.165) is 10.0 Å². The number of esters is 1. The summed E-state index contributed by atoms with van der Waals surface area (Å²) >= 11 is 3.40. The van der Waals surface area contributed by atoms with Crippen molar-refractivity contribution < 1.29 is 14.3 Å². The van der Waals surface area contributed by atoms with Gasteiger partial charge in [0.25, 0.3) is 5.56 Å². The third-order valence-corrected chi connectivity index (χ3v) is 4.77. The number of rotatable bonds is 7. The second-order valence-corrected chi connectivity index (χ2v) is 8.46. The van der Waals surface area contributed by atoms with E-state index in [-0.39, 0.29) is 24.2 Å². The van der Waals surface area contributed by atoms with Crippen LogP contribution >= 0.6 is 15.9 Å². The fourth-order valence-corrected chi connectivity index (χ4v) is 3.23. The van der Waals surface area contributed by atoms with Crippen molar-refractivity contribution in [3.8, 4) is 5.75 Å². The Labute approximate surface area is 188 Å². The van der Waals surface area contributed by atoms with E-state index in [1.165, 1.54) is 4.68 Å². The highest BCUT2D eigenvalue weighted by molar-refractivity contribution is 9.10. The van der Waals surface area contributed by atoms with Gasteiger partial charge in [0.1, 0.15) is 11.6 Å². The van der Waals surface area contributed by atoms with Crippen LogP contribution in [0, 0.1) is 0 Å². The average molecular weight is 486 g/mol. The predicted molar refractivity (Wildman–Crippen MR) is 124 cm³/mol. The molecule has 1 heterocycles. The fraction of sp³-hybridized carbons (Fsp3) is 0.304. The summed E-state index contributed by atoms with van der Waals surface area (Å²) in [5, 5.41) is 4.89. The summed E-state index contributed by atoms with van der Waals surface area (Å²) in [4.78, 5) is 29.2. The molecule has 31 heavy (non-hydrogen) atoms. The molecule has 0 amide bonds. The molecule has 0 unspecified atom stereocenters. The van der Waals surface area contributed by atoms with Gasteiger partial charge >= 0.3 is 5.97 Å². The molecule has 3 rings (SSSR count). The summed E-state index contributed by atoms with van der Waals surface area (Å²) in [6.45, 7) is 7.35. The predicted octanol–water partition coefficient (Wildman–Crippen LogP) is 4.50. The summed E-state index contributed by atoms with van der Waals surface area (Å²) in [6.07, 6.45) is 1.41. The monoisotopic (exact) mass is 485 g/mol. The van der Waals surface area contributed by atoms with E-state index in [4.69, 9.17) is 9.47 Å². The zero-order valence-electron chi connectivity index (χ0n) is 17.8. The van der Waals surface area contributed by atoms with Gasteiger partial charge in [-0.3, -0.25) is 4.79 Å². The Morgan fingerprint density at radius 3 is 2.52 bits per heavy atom. The van der Waals surface area contributed by atoms with Crippen molar-refractivity contribution in [2.75, 3.05) is 6.61 Å². The minimum absolute atomic E-state index is 0.0132. The molecule has 0 saturated heterocycles. The standard InChI is InChI=1S/C23H24BrN3O4/c1-14(2)22-26-20-10-7-17(24)11-19(20)23(29)27(22)25-12-16-5-8-18(9-6-16)30-13-21(28)31-15(3)4/h5-12,14-15H,13H2,1-4H3. The molecule has 0 aliphatic carbocycles. The summed E-state index contributed by atoms with van der Waals surface area (Å²) in [5.74, 6) is 0.714. The van der Waals surface area contributed by atoms with Crippen LogP contribution in [0.15, 0.2) is 56.8 Å². The zero-order chi connectivity index (χ0) is 22.5. The lowest BCUT2D eigenvalue weighted by Gasteiger charge is -2.12. The number of fused-ring (bicyclic) bond motifs is 1. The van der Waals surface area contributed by atoms with Gasteiger partial charge in [-0.05, 0) is 61.9 Å². The maximum Gasteiger partial charge on any atom is 0.344 e. The summed E-state index contributed by atoms with van der Waals surface area (Å²) in [6, 6.07) is 12.5. The topological polar surface area (TPSA) is 82.8 Å². The first-order valence-corrected chi connectivity index (χ1v) is 10.7. The van der Waals surface area contributed by atoms with E-state index in [9.17, 15) is 9.59 Å². The van der Waals surface area contributed by atoms with Crippen LogP contribution in [0.25, 0.3) is 10.9 Å². The smallest absolute Gasteiger partial charge is 0.344 e. The molecule has 0 bridgehead atoms. The molecule has 3 aromatic rings. The highest BCUT2D eigenvalue weighted by Gasteiger charge is 2.13. The molecule has 7 nitrogen and oxygen atoms in total. The van der Waals surface area contributed by atoms with Gasteiger partial charge in [-0.25, -0.2) is 9.78 Å². The Morgan fingerprint density at radius 1 is 1.16 bits per heavy atom. The zero-order valence-corrected chi connectivity index (χ0v) is 19.4. The summed E-state index contributed by atoms with van der Waals surface area (Å²) < 4.78 is 12.6. The fourth-order valence-electron chi connectivity index (χ4n) is 2.86.